The Kier molecular flexibility index (Phi) is 5.91. The van der Waals surface area contributed by atoms with Crippen molar-refractivity contribution in [2.45, 2.75) is 37.5 Å². The molecule has 94 valence electrons. The van der Waals surface area contributed by atoms with E-state index in [2.05, 4.69) is 6.92 Å². The van der Waals surface area contributed by atoms with Crippen LogP contribution in [0.15, 0.2) is 29.2 Å². The van der Waals surface area contributed by atoms with Gasteiger partial charge in [0, 0.05) is 10.6 Å². The van der Waals surface area contributed by atoms with Gasteiger partial charge < -0.3 is 5.11 Å². The molecule has 0 amide bonds. The van der Waals surface area contributed by atoms with Crippen molar-refractivity contribution < 1.29 is 14.1 Å². The van der Waals surface area contributed by atoms with E-state index < -0.39 is 16.8 Å². The molecule has 1 rings (SSSR count). The normalized spacial score (nSPS) is 12.3. The first-order valence-electron chi connectivity index (χ1n) is 5.87. The number of carbonyl (C=O) groups is 1. The van der Waals surface area contributed by atoms with Gasteiger partial charge in [0.25, 0.3) is 0 Å². The first kappa shape index (κ1) is 13.9. The summed E-state index contributed by atoms with van der Waals surface area (Å²) in [7, 11) is -1.08. The number of carboxylic acid groups (broad SMARTS) is 1. The van der Waals surface area contributed by atoms with Crippen molar-refractivity contribution in [3.05, 3.63) is 29.8 Å². The van der Waals surface area contributed by atoms with Gasteiger partial charge in [0.15, 0.2) is 0 Å². The van der Waals surface area contributed by atoms with E-state index in [9.17, 15) is 9.00 Å². The van der Waals surface area contributed by atoms with Crippen LogP contribution in [-0.2, 0) is 10.8 Å². The number of hydrogen-bond donors (Lipinski definition) is 1. The second-order valence-corrected chi connectivity index (χ2v) is 5.51. The average Bonchev–Trinajstić information content (AvgIpc) is 2.34. The highest BCUT2D eigenvalue weighted by Crippen LogP contribution is 2.12. The quantitative estimate of drug-likeness (QED) is 0.761. The summed E-state index contributed by atoms with van der Waals surface area (Å²) in [6.07, 6.45) is 4.33. The highest BCUT2D eigenvalue weighted by molar-refractivity contribution is 7.85. The zero-order valence-corrected chi connectivity index (χ0v) is 10.8. The van der Waals surface area contributed by atoms with Crippen LogP contribution in [0.25, 0.3) is 0 Å². The highest BCUT2D eigenvalue weighted by Gasteiger charge is 2.07. The summed E-state index contributed by atoms with van der Waals surface area (Å²) < 4.78 is 11.9. The maximum Gasteiger partial charge on any atom is 0.335 e. The molecule has 0 aliphatic rings. The Morgan fingerprint density at radius 2 is 2.06 bits per heavy atom. The number of unbranched alkanes of at least 4 members (excludes halogenated alkanes) is 3. The summed E-state index contributed by atoms with van der Waals surface area (Å²) in [5, 5.41) is 8.84. The van der Waals surface area contributed by atoms with E-state index in [4.69, 9.17) is 5.11 Å². The molecule has 0 aliphatic carbocycles. The van der Waals surface area contributed by atoms with E-state index in [0.717, 1.165) is 25.7 Å². The van der Waals surface area contributed by atoms with Crippen LogP contribution in [0.4, 0.5) is 0 Å². The molecule has 0 saturated carbocycles. The topological polar surface area (TPSA) is 54.4 Å². The zero-order valence-electron chi connectivity index (χ0n) is 10.0. The summed E-state index contributed by atoms with van der Waals surface area (Å²) in [6.45, 7) is 2.13. The fourth-order valence-electron chi connectivity index (χ4n) is 1.55. The predicted molar refractivity (Wildman–Crippen MR) is 68.8 cm³/mol. The molecule has 0 heterocycles. The molecule has 1 aromatic carbocycles. The van der Waals surface area contributed by atoms with Gasteiger partial charge in [-0.05, 0) is 24.6 Å². The van der Waals surface area contributed by atoms with Crippen LogP contribution >= 0.6 is 0 Å². The van der Waals surface area contributed by atoms with Gasteiger partial charge in [0.05, 0.1) is 16.4 Å². The first-order valence-corrected chi connectivity index (χ1v) is 7.18. The summed E-state index contributed by atoms with van der Waals surface area (Å²) in [5.74, 6) is -0.363. The highest BCUT2D eigenvalue weighted by atomic mass is 32.2. The van der Waals surface area contributed by atoms with Crippen LogP contribution in [-0.4, -0.2) is 21.0 Å². The largest absolute Gasteiger partial charge is 0.478 e. The van der Waals surface area contributed by atoms with Gasteiger partial charge in [-0.3, -0.25) is 4.21 Å². The Morgan fingerprint density at radius 3 is 2.71 bits per heavy atom. The number of carboxylic acids is 1. The van der Waals surface area contributed by atoms with E-state index in [1.807, 2.05) is 0 Å². The smallest absolute Gasteiger partial charge is 0.335 e. The van der Waals surface area contributed by atoms with Crippen LogP contribution in [0.2, 0.25) is 0 Å². The standard InChI is InChI=1S/C13H18O3S/c1-2-3-4-5-9-17(16)12-8-6-7-11(10-12)13(14)15/h6-8,10H,2-5,9H2,1H3,(H,14,15). The third-order valence-corrected chi connectivity index (χ3v) is 3.97. The minimum atomic E-state index is -1.08. The lowest BCUT2D eigenvalue weighted by molar-refractivity contribution is 0.0696. The summed E-state index contributed by atoms with van der Waals surface area (Å²) >= 11 is 0. The Labute approximate surface area is 104 Å². The summed E-state index contributed by atoms with van der Waals surface area (Å²) in [6, 6.07) is 6.38. The van der Waals surface area contributed by atoms with Crippen molar-refractivity contribution in [2.75, 3.05) is 5.75 Å². The lowest BCUT2D eigenvalue weighted by Gasteiger charge is -2.03. The monoisotopic (exact) mass is 254 g/mol. The third kappa shape index (κ3) is 4.69. The van der Waals surface area contributed by atoms with Crippen LogP contribution in [0, 0.1) is 0 Å². The first-order chi connectivity index (χ1) is 8.15. The molecule has 0 bridgehead atoms. The molecule has 0 aromatic heterocycles. The van der Waals surface area contributed by atoms with Crippen molar-refractivity contribution in [2.24, 2.45) is 0 Å². The summed E-state index contributed by atoms with van der Waals surface area (Å²) in [4.78, 5) is 11.4. The average molecular weight is 254 g/mol. The van der Waals surface area contributed by atoms with E-state index in [-0.39, 0.29) is 5.56 Å². The Hall–Kier alpha value is -1.16. The van der Waals surface area contributed by atoms with Gasteiger partial charge in [0.2, 0.25) is 0 Å². The van der Waals surface area contributed by atoms with Crippen LogP contribution in [0.1, 0.15) is 43.0 Å². The Balaban J connectivity index is 2.56. The molecule has 4 heteroatoms. The molecule has 1 N–H and O–H groups in total. The number of hydrogen-bond acceptors (Lipinski definition) is 2. The van der Waals surface area contributed by atoms with E-state index >= 15 is 0 Å². The van der Waals surface area contributed by atoms with E-state index in [0.29, 0.717) is 10.6 Å². The Morgan fingerprint density at radius 1 is 1.29 bits per heavy atom. The molecule has 1 atom stereocenters. The van der Waals surface area contributed by atoms with Crippen LogP contribution in [0.3, 0.4) is 0 Å². The van der Waals surface area contributed by atoms with Crippen molar-refractivity contribution in [3.8, 4) is 0 Å². The van der Waals surface area contributed by atoms with Gasteiger partial charge in [-0.2, -0.15) is 0 Å². The lowest BCUT2D eigenvalue weighted by Crippen LogP contribution is -2.01. The predicted octanol–water partition coefficient (Wildman–Crippen LogP) is 3.07. The minimum absolute atomic E-state index is 0.199. The van der Waals surface area contributed by atoms with Gasteiger partial charge >= 0.3 is 5.97 Å². The molecule has 0 fully saturated rings. The van der Waals surface area contributed by atoms with Gasteiger partial charge in [0.1, 0.15) is 0 Å². The van der Waals surface area contributed by atoms with Crippen molar-refractivity contribution in [1.82, 2.24) is 0 Å². The number of rotatable bonds is 7. The fraction of sp³-hybridized carbons (Fsp3) is 0.462. The van der Waals surface area contributed by atoms with Crippen LogP contribution in [0.5, 0.6) is 0 Å². The number of benzene rings is 1. The Bertz CT molecular complexity index is 401. The van der Waals surface area contributed by atoms with Gasteiger partial charge in [-0.1, -0.05) is 32.3 Å². The molecule has 0 radical (unpaired) electrons. The molecule has 3 nitrogen and oxygen atoms in total. The van der Waals surface area contributed by atoms with E-state index in [1.165, 1.54) is 12.1 Å². The molecule has 17 heavy (non-hydrogen) atoms. The van der Waals surface area contributed by atoms with Gasteiger partial charge in [-0.15, -0.1) is 0 Å². The molecule has 0 aliphatic heterocycles. The molecular weight excluding hydrogens is 236 g/mol. The lowest BCUT2D eigenvalue weighted by atomic mass is 10.2. The molecular formula is C13H18O3S. The zero-order chi connectivity index (χ0) is 12.7. The molecule has 1 unspecified atom stereocenters. The SMILES string of the molecule is CCCCCCS(=O)c1cccc(C(=O)O)c1. The molecule has 1 aromatic rings. The maximum atomic E-state index is 11.9. The van der Waals surface area contributed by atoms with Gasteiger partial charge in [-0.25, -0.2) is 4.79 Å². The van der Waals surface area contributed by atoms with Crippen molar-refractivity contribution >= 4 is 16.8 Å². The number of aromatic carboxylic acids is 1. The molecule has 0 spiro atoms. The molecule has 0 saturated heterocycles. The fourth-order valence-corrected chi connectivity index (χ4v) is 2.74. The van der Waals surface area contributed by atoms with E-state index in [1.54, 1.807) is 12.1 Å². The maximum absolute atomic E-state index is 11.9. The van der Waals surface area contributed by atoms with Crippen LogP contribution < -0.4 is 0 Å². The summed E-state index contributed by atoms with van der Waals surface area (Å²) in [5.41, 5.74) is 0.199. The third-order valence-electron chi connectivity index (χ3n) is 2.53. The van der Waals surface area contributed by atoms with Crippen molar-refractivity contribution in [1.29, 1.82) is 0 Å². The van der Waals surface area contributed by atoms with Crippen molar-refractivity contribution in [3.63, 3.8) is 0 Å². The second-order valence-electron chi connectivity index (χ2n) is 3.94. The second kappa shape index (κ2) is 7.22. The minimum Gasteiger partial charge on any atom is -0.478 e.